The molecular weight excluding hydrogens is 276 g/mol. The van der Waals surface area contributed by atoms with Crippen LogP contribution in [0.15, 0.2) is 12.4 Å². The lowest BCUT2D eigenvalue weighted by molar-refractivity contribution is -0.0133. The van der Waals surface area contributed by atoms with Crippen LogP contribution in [0.3, 0.4) is 0 Å². The first-order valence-corrected chi connectivity index (χ1v) is 8.69. The van der Waals surface area contributed by atoms with Crippen LogP contribution in [0.25, 0.3) is 0 Å². The third kappa shape index (κ3) is 4.09. The second-order valence-electron chi connectivity index (χ2n) is 6.76. The molecule has 122 valence electrons. The molecule has 1 aliphatic heterocycles. The number of nitrogens with zero attached hydrogens (tertiary/aromatic N) is 3. The van der Waals surface area contributed by atoms with E-state index >= 15 is 0 Å². The van der Waals surface area contributed by atoms with Gasteiger partial charge in [0.1, 0.15) is 18.0 Å². The summed E-state index contributed by atoms with van der Waals surface area (Å²) in [5.74, 6) is 2.02. The van der Waals surface area contributed by atoms with Crippen molar-refractivity contribution >= 4 is 11.6 Å². The molecule has 1 saturated carbocycles. The summed E-state index contributed by atoms with van der Waals surface area (Å²) < 4.78 is 5.92. The van der Waals surface area contributed by atoms with Gasteiger partial charge < -0.3 is 15.0 Å². The molecule has 2 aliphatic rings. The molecule has 0 bridgehead atoms. The van der Waals surface area contributed by atoms with Crippen molar-refractivity contribution in [3.63, 3.8) is 0 Å². The topological polar surface area (TPSA) is 50.3 Å². The van der Waals surface area contributed by atoms with Gasteiger partial charge in [0.15, 0.2) is 0 Å². The average Bonchev–Trinajstić information content (AvgIpc) is 3.03. The van der Waals surface area contributed by atoms with Gasteiger partial charge in [-0.05, 0) is 52.4 Å². The van der Waals surface area contributed by atoms with Crippen LogP contribution in [-0.4, -0.2) is 41.3 Å². The Bertz CT molecular complexity index is 465. The number of rotatable bonds is 5. The molecule has 5 heteroatoms. The molecule has 0 unspecified atom stereocenters. The zero-order valence-corrected chi connectivity index (χ0v) is 13.8. The van der Waals surface area contributed by atoms with E-state index < -0.39 is 0 Å². The Morgan fingerprint density at radius 1 is 1.14 bits per heavy atom. The fraction of sp³-hybridized carbons (Fsp3) is 0.765. The van der Waals surface area contributed by atoms with Crippen LogP contribution in [0.4, 0.5) is 11.6 Å². The van der Waals surface area contributed by atoms with Crippen LogP contribution in [-0.2, 0) is 4.74 Å². The van der Waals surface area contributed by atoms with Crippen LogP contribution >= 0.6 is 0 Å². The van der Waals surface area contributed by atoms with E-state index in [1.807, 2.05) is 0 Å². The van der Waals surface area contributed by atoms with E-state index in [0.29, 0.717) is 18.2 Å². The van der Waals surface area contributed by atoms with Gasteiger partial charge in [0, 0.05) is 25.2 Å². The van der Waals surface area contributed by atoms with E-state index in [2.05, 4.69) is 40.1 Å². The van der Waals surface area contributed by atoms with Gasteiger partial charge in [0.25, 0.3) is 0 Å². The van der Waals surface area contributed by atoms with Gasteiger partial charge in [-0.15, -0.1) is 0 Å². The zero-order valence-electron chi connectivity index (χ0n) is 13.8. The maximum Gasteiger partial charge on any atom is 0.134 e. The molecule has 1 aliphatic carbocycles. The quantitative estimate of drug-likeness (QED) is 0.905. The van der Waals surface area contributed by atoms with Crippen LogP contribution in [0.5, 0.6) is 0 Å². The van der Waals surface area contributed by atoms with Crippen molar-refractivity contribution in [3.8, 4) is 0 Å². The number of ether oxygens (including phenoxy) is 1. The number of hydrogen-bond acceptors (Lipinski definition) is 5. The molecule has 0 amide bonds. The Morgan fingerprint density at radius 2 is 1.86 bits per heavy atom. The monoisotopic (exact) mass is 304 g/mol. The second kappa shape index (κ2) is 7.27. The third-order valence-corrected chi connectivity index (χ3v) is 4.57. The maximum absolute atomic E-state index is 5.92. The number of aromatic nitrogens is 2. The molecule has 1 N–H and O–H groups in total. The van der Waals surface area contributed by atoms with Gasteiger partial charge in [0.2, 0.25) is 0 Å². The molecule has 1 saturated heterocycles. The average molecular weight is 304 g/mol. The predicted octanol–water partition coefficient (Wildman–Crippen LogP) is 3.22. The lowest BCUT2D eigenvalue weighted by Gasteiger charge is -2.30. The van der Waals surface area contributed by atoms with E-state index in [1.54, 1.807) is 6.33 Å². The highest BCUT2D eigenvalue weighted by Gasteiger charge is 2.23. The molecule has 0 aromatic carbocycles. The molecule has 0 radical (unpaired) electrons. The van der Waals surface area contributed by atoms with Gasteiger partial charge in [-0.1, -0.05) is 0 Å². The van der Waals surface area contributed by atoms with Crippen LogP contribution in [0, 0.1) is 0 Å². The van der Waals surface area contributed by atoms with Crippen molar-refractivity contribution in [3.05, 3.63) is 12.4 Å². The summed E-state index contributed by atoms with van der Waals surface area (Å²) in [6.07, 6.45) is 9.58. The normalized spacial score (nSPS) is 25.7. The minimum absolute atomic E-state index is 0.333. The molecule has 2 fully saturated rings. The first-order chi connectivity index (χ1) is 10.7. The van der Waals surface area contributed by atoms with Gasteiger partial charge >= 0.3 is 0 Å². The first kappa shape index (κ1) is 15.5. The molecule has 5 nitrogen and oxygen atoms in total. The molecular formula is C17H28N4O. The molecule has 0 spiro atoms. The summed E-state index contributed by atoms with van der Waals surface area (Å²) in [4.78, 5) is 11.2. The highest BCUT2D eigenvalue weighted by molar-refractivity contribution is 5.49. The molecule has 22 heavy (non-hydrogen) atoms. The van der Waals surface area contributed by atoms with Crippen molar-refractivity contribution in [2.24, 2.45) is 0 Å². The minimum Gasteiger partial charge on any atom is -0.376 e. The molecule has 0 atom stereocenters. The van der Waals surface area contributed by atoms with Gasteiger partial charge in [0.05, 0.1) is 12.2 Å². The van der Waals surface area contributed by atoms with Crippen molar-refractivity contribution < 1.29 is 4.74 Å². The van der Waals surface area contributed by atoms with Crippen molar-refractivity contribution in [1.82, 2.24) is 9.97 Å². The largest absolute Gasteiger partial charge is 0.376 e. The molecule has 1 aromatic rings. The van der Waals surface area contributed by atoms with Crippen molar-refractivity contribution in [2.45, 2.75) is 70.6 Å². The predicted molar refractivity (Wildman–Crippen MR) is 89.4 cm³/mol. The Hall–Kier alpha value is -1.36. The van der Waals surface area contributed by atoms with E-state index in [-0.39, 0.29) is 0 Å². The standard InChI is InChI=1S/C17H28N4O/c1-13(2)22-15-7-5-14(6-8-15)20-16-11-17(19-12-18-16)21-9-3-4-10-21/h11-15H,3-10H2,1-2H3,(H,18,19,20). The third-order valence-electron chi connectivity index (χ3n) is 4.57. The number of anilines is 2. The lowest BCUT2D eigenvalue weighted by Crippen LogP contribution is -2.31. The highest BCUT2D eigenvalue weighted by atomic mass is 16.5. The summed E-state index contributed by atoms with van der Waals surface area (Å²) in [6, 6.07) is 2.61. The number of hydrogen-bond donors (Lipinski definition) is 1. The van der Waals surface area contributed by atoms with E-state index in [4.69, 9.17) is 4.74 Å². The highest BCUT2D eigenvalue weighted by Crippen LogP contribution is 2.25. The maximum atomic E-state index is 5.92. The zero-order chi connectivity index (χ0) is 15.4. The van der Waals surface area contributed by atoms with E-state index in [0.717, 1.165) is 50.4 Å². The summed E-state index contributed by atoms with van der Waals surface area (Å²) in [5.41, 5.74) is 0. The Morgan fingerprint density at radius 3 is 2.55 bits per heavy atom. The first-order valence-electron chi connectivity index (χ1n) is 8.69. The SMILES string of the molecule is CC(C)OC1CCC(Nc2cc(N3CCCC3)ncn2)CC1. The van der Waals surface area contributed by atoms with E-state index in [1.165, 1.54) is 12.8 Å². The van der Waals surface area contributed by atoms with Gasteiger partial charge in [-0.3, -0.25) is 0 Å². The van der Waals surface area contributed by atoms with Crippen LogP contribution in [0.1, 0.15) is 52.4 Å². The van der Waals surface area contributed by atoms with Crippen molar-refractivity contribution in [1.29, 1.82) is 0 Å². The minimum atomic E-state index is 0.333. The van der Waals surface area contributed by atoms with Crippen LogP contribution in [0.2, 0.25) is 0 Å². The molecule has 3 rings (SSSR count). The lowest BCUT2D eigenvalue weighted by atomic mass is 9.93. The Balaban J connectivity index is 1.52. The summed E-state index contributed by atoms with van der Waals surface area (Å²) in [6.45, 7) is 6.47. The van der Waals surface area contributed by atoms with Gasteiger partial charge in [-0.2, -0.15) is 0 Å². The van der Waals surface area contributed by atoms with Gasteiger partial charge in [-0.25, -0.2) is 9.97 Å². The van der Waals surface area contributed by atoms with Crippen LogP contribution < -0.4 is 10.2 Å². The van der Waals surface area contributed by atoms with E-state index in [9.17, 15) is 0 Å². The second-order valence-corrected chi connectivity index (χ2v) is 6.76. The Labute approximate surface area is 133 Å². The summed E-state index contributed by atoms with van der Waals surface area (Å²) in [5, 5.41) is 3.59. The fourth-order valence-electron chi connectivity index (χ4n) is 3.48. The summed E-state index contributed by atoms with van der Waals surface area (Å²) >= 11 is 0. The fourth-order valence-corrected chi connectivity index (χ4v) is 3.48. The molecule has 1 aromatic heterocycles. The van der Waals surface area contributed by atoms with Crippen molar-refractivity contribution in [2.75, 3.05) is 23.3 Å². The smallest absolute Gasteiger partial charge is 0.134 e. The Kier molecular flexibility index (Phi) is 5.13. The number of nitrogens with one attached hydrogen (secondary N) is 1. The molecule has 2 heterocycles. The summed E-state index contributed by atoms with van der Waals surface area (Å²) in [7, 11) is 0.